The summed E-state index contributed by atoms with van der Waals surface area (Å²) in [7, 11) is 0. The van der Waals surface area contributed by atoms with Gasteiger partial charge in [0, 0.05) is 16.6 Å². The molecule has 0 aliphatic carbocycles. The lowest BCUT2D eigenvalue weighted by Crippen LogP contribution is -2.40. The molecule has 1 aromatic rings. The molecule has 1 amide bonds. The molecule has 0 aromatic heterocycles. The lowest BCUT2D eigenvalue weighted by Gasteiger charge is -2.22. The summed E-state index contributed by atoms with van der Waals surface area (Å²) in [6, 6.07) is 7.41. The molecule has 0 spiro atoms. The molecule has 20 heavy (non-hydrogen) atoms. The van der Waals surface area contributed by atoms with Gasteiger partial charge in [0.2, 0.25) is 5.91 Å². The Morgan fingerprint density at radius 3 is 2.50 bits per heavy atom. The van der Waals surface area contributed by atoms with Crippen LogP contribution in [0.1, 0.15) is 32.3 Å². The van der Waals surface area contributed by atoms with Crippen LogP contribution in [-0.4, -0.2) is 12.5 Å². The van der Waals surface area contributed by atoms with Crippen molar-refractivity contribution in [3.63, 3.8) is 0 Å². The summed E-state index contributed by atoms with van der Waals surface area (Å²) in [4.78, 5) is 12.1. The standard InChI is InChI=1S/C15H18Cl2N2O/c1-3-15(4-2,10-18)14(20)19-8-7-11-5-6-12(16)9-13(11)17/h5-6,9H,3-4,7-8H2,1-2H3,(H,19,20). The van der Waals surface area contributed by atoms with Gasteiger partial charge in [-0.2, -0.15) is 5.26 Å². The third-order valence-electron chi connectivity index (χ3n) is 3.55. The Morgan fingerprint density at radius 1 is 1.35 bits per heavy atom. The second-order valence-corrected chi connectivity index (χ2v) is 5.49. The number of carbonyl (C=O) groups is 1. The van der Waals surface area contributed by atoms with Crippen molar-refractivity contribution < 1.29 is 4.79 Å². The molecule has 0 radical (unpaired) electrons. The summed E-state index contributed by atoms with van der Waals surface area (Å²) in [5.74, 6) is -0.213. The molecule has 3 nitrogen and oxygen atoms in total. The normalized spacial score (nSPS) is 10.9. The van der Waals surface area contributed by atoms with Gasteiger partial charge in [0.1, 0.15) is 5.41 Å². The molecule has 0 saturated heterocycles. The summed E-state index contributed by atoms with van der Waals surface area (Å²) in [5.41, 5.74) is -0.00372. The number of amides is 1. The van der Waals surface area contributed by atoms with Crippen molar-refractivity contribution in [3.8, 4) is 6.07 Å². The van der Waals surface area contributed by atoms with Crippen LogP contribution in [0.4, 0.5) is 0 Å². The van der Waals surface area contributed by atoms with Gasteiger partial charge < -0.3 is 5.32 Å². The number of nitrogens with one attached hydrogen (secondary N) is 1. The number of hydrogen-bond donors (Lipinski definition) is 1. The van der Waals surface area contributed by atoms with Crippen LogP contribution in [0.15, 0.2) is 18.2 Å². The molecule has 0 bridgehead atoms. The second-order valence-electron chi connectivity index (χ2n) is 4.64. The van der Waals surface area contributed by atoms with Crippen molar-refractivity contribution in [3.05, 3.63) is 33.8 Å². The Hall–Kier alpha value is -1.24. The maximum absolute atomic E-state index is 12.1. The van der Waals surface area contributed by atoms with E-state index >= 15 is 0 Å². The Balaban J connectivity index is 2.60. The first-order valence-corrected chi connectivity index (χ1v) is 7.38. The van der Waals surface area contributed by atoms with Crippen molar-refractivity contribution in [2.75, 3.05) is 6.54 Å². The van der Waals surface area contributed by atoms with Crippen LogP contribution in [0, 0.1) is 16.7 Å². The van der Waals surface area contributed by atoms with Gasteiger partial charge in [0.05, 0.1) is 6.07 Å². The van der Waals surface area contributed by atoms with E-state index in [4.69, 9.17) is 23.2 Å². The van der Waals surface area contributed by atoms with Crippen LogP contribution in [0.5, 0.6) is 0 Å². The predicted molar refractivity (Wildman–Crippen MR) is 81.8 cm³/mol. The number of benzene rings is 1. The zero-order chi connectivity index (χ0) is 15.2. The SMILES string of the molecule is CCC(C#N)(CC)C(=O)NCCc1ccc(Cl)cc1Cl. The molecule has 0 fully saturated rings. The molecule has 0 heterocycles. The van der Waals surface area contributed by atoms with E-state index in [-0.39, 0.29) is 5.91 Å². The third kappa shape index (κ3) is 3.88. The molecule has 0 unspecified atom stereocenters. The van der Waals surface area contributed by atoms with E-state index in [0.717, 1.165) is 5.56 Å². The molecule has 5 heteroatoms. The lowest BCUT2D eigenvalue weighted by atomic mass is 9.83. The Labute approximate surface area is 129 Å². The van der Waals surface area contributed by atoms with Gasteiger partial charge in [0.25, 0.3) is 0 Å². The maximum Gasteiger partial charge on any atom is 0.240 e. The molecule has 1 rings (SSSR count). The Bertz CT molecular complexity index is 519. The van der Waals surface area contributed by atoms with Crippen molar-refractivity contribution in [2.45, 2.75) is 33.1 Å². The van der Waals surface area contributed by atoms with Crippen molar-refractivity contribution in [1.82, 2.24) is 5.32 Å². The molecular formula is C15H18Cl2N2O. The van der Waals surface area contributed by atoms with E-state index in [2.05, 4.69) is 11.4 Å². The monoisotopic (exact) mass is 312 g/mol. The van der Waals surface area contributed by atoms with Crippen LogP contribution < -0.4 is 5.32 Å². The van der Waals surface area contributed by atoms with Gasteiger partial charge in [-0.15, -0.1) is 0 Å². The molecule has 108 valence electrons. The average Bonchev–Trinajstić information content (AvgIpc) is 2.44. The third-order valence-corrected chi connectivity index (χ3v) is 4.14. The van der Waals surface area contributed by atoms with Crippen LogP contribution in [0.2, 0.25) is 10.0 Å². The first-order chi connectivity index (χ1) is 9.49. The predicted octanol–water partition coefficient (Wildman–Crippen LogP) is 3.98. The number of nitriles is 1. The maximum atomic E-state index is 12.1. The number of rotatable bonds is 6. The minimum Gasteiger partial charge on any atom is -0.354 e. The Morgan fingerprint density at radius 2 is 2.00 bits per heavy atom. The van der Waals surface area contributed by atoms with Crippen molar-refractivity contribution >= 4 is 29.1 Å². The molecule has 1 N–H and O–H groups in total. The fraction of sp³-hybridized carbons (Fsp3) is 0.467. The zero-order valence-electron chi connectivity index (χ0n) is 11.7. The molecule has 0 aliphatic heterocycles. The van der Waals surface area contributed by atoms with Crippen molar-refractivity contribution in [2.24, 2.45) is 5.41 Å². The highest BCUT2D eigenvalue weighted by Crippen LogP contribution is 2.25. The Kier molecular flexibility index (Phi) is 6.32. The van der Waals surface area contributed by atoms with Gasteiger partial charge in [0.15, 0.2) is 0 Å². The minimum absolute atomic E-state index is 0.213. The van der Waals surface area contributed by atoms with E-state index in [1.165, 1.54) is 0 Å². The summed E-state index contributed by atoms with van der Waals surface area (Å²) in [6.07, 6.45) is 1.62. The van der Waals surface area contributed by atoms with E-state index in [1.807, 2.05) is 19.9 Å². The fourth-order valence-electron chi connectivity index (χ4n) is 1.98. The highest BCUT2D eigenvalue weighted by Gasteiger charge is 2.34. The molecule has 0 saturated carbocycles. The number of halogens is 2. The fourth-order valence-corrected chi connectivity index (χ4v) is 2.49. The summed E-state index contributed by atoms with van der Waals surface area (Å²) < 4.78 is 0. The van der Waals surface area contributed by atoms with E-state index in [1.54, 1.807) is 12.1 Å². The van der Waals surface area contributed by atoms with Gasteiger partial charge in [-0.25, -0.2) is 0 Å². The summed E-state index contributed by atoms with van der Waals surface area (Å²) >= 11 is 11.9. The van der Waals surface area contributed by atoms with Crippen LogP contribution in [0.25, 0.3) is 0 Å². The first kappa shape index (κ1) is 16.8. The largest absolute Gasteiger partial charge is 0.354 e. The number of hydrogen-bond acceptors (Lipinski definition) is 2. The first-order valence-electron chi connectivity index (χ1n) is 6.62. The highest BCUT2D eigenvalue weighted by molar-refractivity contribution is 6.35. The number of nitrogens with zero attached hydrogens (tertiary/aromatic N) is 1. The van der Waals surface area contributed by atoms with Crippen molar-refractivity contribution in [1.29, 1.82) is 5.26 Å². The second kappa shape index (κ2) is 7.52. The zero-order valence-corrected chi connectivity index (χ0v) is 13.2. The lowest BCUT2D eigenvalue weighted by molar-refractivity contribution is -0.128. The molecule has 1 aromatic carbocycles. The van der Waals surface area contributed by atoms with Crippen LogP contribution in [-0.2, 0) is 11.2 Å². The van der Waals surface area contributed by atoms with Crippen LogP contribution >= 0.6 is 23.2 Å². The highest BCUT2D eigenvalue weighted by atomic mass is 35.5. The molecule has 0 aliphatic rings. The number of carbonyl (C=O) groups excluding carboxylic acids is 1. The van der Waals surface area contributed by atoms with E-state index < -0.39 is 5.41 Å². The van der Waals surface area contributed by atoms with E-state index in [0.29, 0.717) is 35.9 Å². The average molecular weight is 313 g/mol. The summed E-state index contributed by atoms with van der Waals surface area (Å²) in [6.45, 7) is 4.15. The molecule has 0 atom stereocenters. The van der Waals surface area contributed by atoms with Gasteiger partial charge in [-0.1, -0.05) is 43.1 Å². The smallest absolute Gasteiger partial charge is 0.240 e. The summed E-state index contributed by atoms with van der Waals surface area (Å²) in [5, 5.41) is 13.2. The van der Waals surface area contributed by atoms with Gasteiger partial charge in [-0.05, 0) is 37.0 Å². The minimum atomic E-state index is -0.927. The van der Waals surface area contributed by atoms with Crippen LogP contribution in [0.3, 0.4) is 0 Å². The topological polar surface area (TPSA) is 52.9 Å². The quantitative estimate of drug-likeness (QED) is 0.863. The van der Waals surface area contributed by atoms with E-state index in [9.17, 15) is 10.1 Å². The molecular weight excluding hydrogens is 295 g/mol. The van der Waals surface area contributed by atoms with Gasteiger partial charge in [-0.3, -0.25) is 4.79 Å². The van der Waals surface area contributed by atoms with Gasteiger partial charge >= 0.3 is 0 Å².